The molecule has 3 aromatic heterocycles. The predicted octanol–water partition coefficient (Wildman–Crippen LogP) is 5.68. The lowest BCUT2D eigenvalue weighted by Gasteiger charge is -2.28. The van der Waals surface area contributed by atoms with Crippen molar-refractivity contribution in [2.24, 2.45) is 5.92 Å². The van der Waals surface area contributed by atoms with Crippen molar-refractivity contribution in [1.82, 2.24) is 34.6 Å². The molecular formula is C45H40N8O5. The first-order chi connectivity index (χ1) is 28.2. The van der Waals surface area contributed by atoms with Gasteiger partial charge in [0.25, 0.3) is 17.0 Å². The number of nitrogens with one attached hydrogen (secondary N) is 2. The SMILES string of the molecule is C[C@H](/C=C/CCn1cc(C(CO)c2ccccc2)nn1)[C@@]1(O)C(=O)N(Cc2cccc(-n3[nH]c4ccccc4c3=O)c2)c2ccc(-n3[nH]c4ccccc4c3=O)cc21. The number of hydrogen-bond donors (Lipinski definition) is 4. The zero-order valence-corrected chi connectivity index (χ0v) is 31.6. The van der Waals surface area contributed by atoms with Crippen molar-refractivity contribution < 1.29 is 15.0 Å². The molecule has 9 rings (SSSR count). The van der Waals surface area contributed by atoms with Crippen molar-refractivity contribution >= 4 is 33.4 Å². The lowest BCUT2D eigenvalue weighted by atomic mass is 9.82. The molecule has 0 saturated heterocycles. The maximum absolute atomic E-state index is 14.6. The molecule has 1 amide bonds. The molecule has 5 aromatic carbocycles. The second-order valence-electron chi connectivity index (χ2n) is 14.7. The zero-order chi connectivity index (χ0) is 40.0. The van der Waals surface area contributed by atoms with E-state index < -0.39 is 17.4 Å². The highest BCUT2D eigenvalue weighted by atomic mass is 16.3. The number of para-hydroxylation sites is 2. The van der Waals surface area contributed by atoms with E-state index in [4.69, 9.17) is 0 Å². The van der Waals surface area contributed by atoms with Crippen molar-refractivity contribution in [1.29, 1.82) is 0 Å². The number of aromatic nitrogens is 7. The van der Waals surface area contributed by atoms with Gasteiger partial charge in [-0.25, -0.2) is 9.36 Å². The Hall–Kier alpha value is -7.09. The monoisotopic (exact) mass is 772 g/mol. The van der Waals surface area contributed by atoms with Crippen LogP contribution >= 0.6 is 0 Å². The summed E-state index contributed by atoms with van der Waals surface area (Å²) in [5, 5.41) is 38.7. The first kappa shape index (κ1) is 36.5. The minimum absolute atomic E-state index is 0.0998. The van der Waals surface area contributed by atoms with Gasteiger partial charge in [0.1, 0.15) is 0 Å². The molecule has 0 bridgehead atoms. The van der Waals surface area contributed by atoms with E-state index in [9.17, 15) is 24.6 Å². The number of hydrogen-bond acceptors (Lipinski definition) is 7. The van der Waals surface area contributed by atoms with Crippen molar-refractivity contribution in [2.45, 2.75) is 38.0 Å². The van der Waals surface area contributed by atoms with Crippen LogP contribution in [-0.2, 0) is 23.5 Å². The van der Waals surface area contributed by atoms with E-state index in [1.165, 1.54) is 9.36 Å². The second kappa shape index (κ2) is 14.8. The van der Waals surface area contributed by atoms with Gasteiger partial charge in [-0.1, -0.05) is 91.0 Å². The van der Waals surface area contributed by atoms with Crippen LogP contribution in [-0.4, -0.2) is 57.3 Å². The number of carbonyl (C=O) groups is 1. The number of aromatic amines is 2. The number of amides is 1. The summed E-state index contributed by atoms with van der Waals surface area (Å²) < 4.78 is 4.62. The van der Waals surface area contributed by atoms with Crippen molar-refractivity contribution in [3.63, 3.8) is 0 Å². The maximum Gasteiger partial charge on any atom is 0.279 e. The van der Waals surface area contributed by atoms with Gasteiger partial charge in [0.15, 0.2) is 5.60 Å². The normalized spacial score (nSPS) is 16.5. The van der Waals surface area contributed by atoms with E-state index in [1.807, 2.05) is 103 Å². The summed E-state index contributed by atoms with van der Waals surface area (Å²) in [5.74, 6) is -1.48. The third kappa shape index (κ3) is 6.26. The van der Waals surface area contributed by atoms with Crippen LogP contribution in [0, 0.1) is 5.92 Å². The number of nitrogens with zero attached hydrogens (tertiary/aromatic N) is 6. The van der Waals surface area contributed by atoms with E-state index in [0.717, 1.165) is 11.1 Å². The Balaban J connectivity index is 1.01. The smallest absolute Gasteiger partial charge is 0.279 e. The van der Waals surface area contributed by atoms with Crippen molar-refractivity contribution in [3.8, 4) is 11.4 Å². The van der Waals surface area contributed by atoms with Gasteiger partial charge in [0.05, 0.1) is 63.6 Å². The van der Waals surface area contributed by atoms with Crippen molar-refractivity contribution in [3.05, 3.63) is 183 Å². The van der Waals surface area contributed by atoms with Crippen LogP contribution in [0.1, 0.15) is 41.6 Å². The van der Waals surface area contributed by atoms with Crippen LogP contribution in [0.15, 0.2) is 149 Å². The summed E-state index contributed by atoms with van der Waals surface area (Å²) in [5.41, 5.74) is 3.29. The lowest BCUT2D eigenvalue weighted by Crippen LogP contribution is -2.44. The van der Waals surface area contributed by atoms with Gasteiger partial charge < -0.3 is 15.1 Å². The number of allylic oxidation sites excluding steroid dienone is 1. The third-order valence-electron chi connectivity index (χ3n) is 11.1. The fourth-order valence-electron chi connectivity index (χ4n) is 7.97. The van der Waals surface area contributed by atoms with Gasteiger partial charge in [-0.2, -0.15) is 0 Å². The second-order valence-corrected chi connectivity index (χ2v) is 14.7. The van der Waals surface area contributed by atoms with Crippen LogP contribution in [0.5, 0.6) is 0 Å². The average molecular weight is 773 g/mol. The molecule has 4 heterocycles. The van der Waals surface area contributed by atoms with E-state index in [1.54, 1.807) is 52.9 Å². The van der Waals surface area contributed by atoms with E-state index >= 15 is 0 Å². The number of fused-ring (bicyclic) bond motifs is 3. The molecule has 13 nitrogen and oxygen atoms in total. The standard InChI is InChI=1S/C45H40N8O5/c1-29(12-9-10-23-50-27-40(46-49-50)36(28-54)31-14-3-2-4-15-31)45(58)37-25-33(53-43(56)35-18-6-8-20-39(35)48-53)21-22-41(37)51(44(45)57)26-30-13-11-16-32(24-30)52-42(55)34-17-5-7-19-38(34)47-52/h2-9,11-22,24-25,27,29,36,47-48,54,58H,10,23,26,28H2,1H3/b12-9+/t29-,36?,45+/m1/s1. The van der Waals surface area contributed by atoms with Gasteiger partial charge >= 0.3 is 0 Å². The largest absolute Gasteiger partial charge is 0.395 e. The van der Waals surface area contributed by atoms with Crippen LogP contribution in [0.3, 0.4) is 0 Å². The minimum atomic E-state index is -1.98. The maximum atomic E-state index is 14.6. The van der Waals surface area contributed by atoms with Crippen LogP contribution in [0.4, 0.5) is 5.69 Å². The number of carbonyl (C=O) groups excluding carboxylic acids is 1. The number of aryl methyl sites for hydroxylation is 1. The number of aliphatic hydroxyl groups is 2. The molecule has 0 fully saturated rings. The number of benzene rings is 5. The summed E-state index contributed by atoms with van der Waals surface area (Å²) in [6, 6.07) is 36.8. The molecule has 1 aliphatic rings. The quantitative estimate of drug-likeness (QED) is 0.116. The number of H-pyrrole nitrogens is 2. The third-order valence-corrected chi connectivity index (χ3v) is 11.1. The molecule has 3 atom stereocenters. The lowest BCUT2D eigenvalue weighted by molar-refractivity contribution is -0.139. The van der Waals surface area contributed by atoms with E-state index in [2.05, 4.69) is 20.5 Å². The molecule has 0 saturated carbocycles. The number of rotatable bonds is 12. The molecule has 0 radical (unpaired) electrons. The molecule has 0 aliphatic carbocycles. The molecule has 13 heteroatoms. The summed E-state index contributed by atoms with van der Waals surface area (Å²) in [6.07, 6.45) is 6.10. The summed E-state index contributed by atoms with van der Waals surface area (Å²) >= 11 is 0. The Kier molecular flexibility index (Phi) is 9.31. The van der Waals surface area contributed by atoms with E-state index in [0.29, 0.717) is 63.1 Å². The Morgan fingerprint density at radius 2 is 1.43 bits per heavy atom. The molecule has 58 heavy (non-hydrogen) atoms. The topological polar surface area (TPSA) is 167 Å². The fourth-order valence-corrected chi connectivity index (χ4v) is 7.97. The minimum Gasteiger partial charge on any atom is -0.395 e. The first-order valence-corrected chi connectivity index (χ1v) is 19.1. The molecule has 8 aromatic rings. The van der Waals surface area contributed by atoms with Crippen molar-refractivity contribution in [2.75, 3.05) is 11.5 Å². The molecule has 4 N–H and O–H groups in total. The Morgan fingerprint density at radius 1 is 0.776 bits per heavy atom. The zero-order valence-electron chi connectivity index (χ0n) is 31.6. The highest BCUT2D eigenvalue weighted by molar-refractivity contribution is 6.07. The molecule has 0 spiro atoms. The van der Waals surface area contributed by atoms with Gasteiger partial charge in [0.2, 0.25) is 0 Å². The molecular weight excluding hydrogens is 733 g/mol. The highest BCUT2D eigenvalue weighted by Gasteiger charge is 2.52. The summed E-state index contributed by atoms with van der Waals surface area (Å²) in [4.78, 5) is 42.9. The predicted molar refractivity (Wildman–Crippen MR) is 221 cm³/mol. The Bertz CT molecular complexity index is 2960. The number of aliphatic hydroxyl groups excluding tert-OH is 1. The van der Waals surface area contributed by atoms with Crippen LogP contribution in [0.25, 0.3) is 33.2 Å². The highest BCUT2D eigenvalue weighted by Crippen LogP contribution is 2.46. The Morgan fingerprint density at radius 3 is 2.10 bits per heavy atom. The van der Waals surface area contributed by atoms with Crippen LogP contribution < -0.4 is 16.0 Å². The molecule has 1 aliphatic heterocycles. The fraction of sp³-hybridized carbons (Fsp3) is 0.178. The molecule has 1 unspecified atom stereocenters. The van der Waals surface area contributed by atoms with Gasteiger partial charge in [-0.05, 0) is 72.1 Å². The van der Waals surface area contributed by atoms with Gasteiger partial charge in [-0.15, -0.1) is 5.10 Å². The van der Waals surface area contributed by atoms with E-state index in [-0.39, 0.29) is 30.2 Å². The molecule has 290 valence electrons. The van der Waals surface area contributed by atoms with Crippen LogP contribution in [0.2, 0.25) is 0 Å². The van der Waals surface area contributed by atoms with Gasteiger partial charge in [0, 0.05) is 24.2 Å². The number of anilines is 1. The summed E-state index contributed by atoms with van der Waals surface area (Å²) in [7, 11) is 0. The van der Waals surface area contributed by atoms with Gasteiger partial charge in [-0.3, -0.25) is 29.3 Å². The Labute approximate surface area is 331 Å². The first-order valence-electron chi connectivity index (χ1n) is 19.1. The average Bonchev–Trinajstić information content (AvgIpc) is 4.00. The summed E-state index contributed by atoms with van der Waals surface area (Å²) in [6.45, 7) is 2.30.